The number of carbonyl (C=O) groups excluding carboxylic acids is 2. The monoisotopic (exact) mass is 242 g/mol. The minimum absolute atomic E-state index is 0.0417. The molecule has 1 saturated heterocycles. The molecule has 0 saturated carbocycles. The molecule has 1 aliphatic heterocycles. The van der Waals surface area contributed by atoms with E-state index in [-0.39, 0.29) is 18.5 Å². The molecule has 0 aliphatic carbocycles. The lowest BCUT2D eigenvalue weighted by molar-refractivity contribution is -0.141. The van der Waals surface area contributed by atoms with E-state index < -0.39 is 0 Å². The number of piperidine rings is 1. The summed E-state index contributed by atoms with van der Waals surface area (Å²) < 4.78 is 4.75. The molecule has 1 atom stereocenters. The minimum atomic E-state index is -0.384. The Morgan fingerprint density at radius 3 is 2.82 bits per heavy atom. The highest BCUT2D eigenvalue weighted by Gasteiger charge is 2.22. The summed E-state index contributed by atoms with van der Waals surface area (Å²) in [5.74, 6) is 0.210. The molecule has 2 amide bonds. The van der Waals surface area contributed by atoms with E-state index in [0.717, 1.165) is 25.9 Å². The molecule has 17 heavy (non-hydrogen) atoms. The van der Waals surface area contributed by atoms with Gasteiger partial charge in [0.05, 0.1) is 6.61 Å². The number of urea groups is 1. The Labute approximate surface area is 102 Å². The normalized spacial score (nSPS) is 19.9. The van der Waals surface area contributed by atoms with Crippen LogP contribution in [0.5, 0.6) is 0 Å². The van der Waals surface area contributed by atoms with Crippen LogP contribution in [0.3, 0.4) is 0 Å². The maximum atomic E-state index is 11.8. The average molecular weight is 242 g/mol. The summed E-state index contributed by atoms with van der Waals surface area (Å²) in [7, 11) is 0. The molecule has 0 aromatic carbocycles. The van der Waals surface area contributed by atoms with Crippen molar-refractivity contribution in [3.8, 4) is 0 Å². The number of nitrogens with one attached hydrogen (secondary N) is 1. The summed E-state index contributed by atoms with van der Waals surface area (Å²) >= 11 is 0. The zero-order chi connectivity index (χ0) is 12.7. The number of carbonyl (C=O) groups is 2. The molecule has 98 valence electrons. The summed E-state index contributed by atoms with van der Waals surface area (Å²) in [4.78, 5) is 24.7. The lowest BCUT2D eigenvalue weighted by atomic mass is 9.96. The van der Waals surface area contributed by atoms with E-state index in [9.17, 15) is 9.59 Å². The van der Waals surface area contributed by atoms with Gasteiger partial charge in [-0.25, -0.2) is 4.79 Å². The van der Waals surface area contributed by atoms with E-state index >= 15 is 0 Å². The Hall–Kier alpha value is -1.26. The van der Waals surface area contributed by atoms with Crippen molar-refractivity contribution < 1.29 is 14.3 Å². The zero-order valence-electron chi connectivity index (χ0n) is 10.7. The van der Waals surface area contributed by atoms with Crippen molar-refractivity contribution in [3.63, 3.8) is 0 Å². The number of esters is 1. The van der Waals surface area contributed by atoms with Crippen LogP contribution in [0.2, 0.25) is 0 Å². The van der Waals surface area contributed by atoms with Crippen LogP contribution in [0.4, 0.5) is 4.79 Å². The van der Waals surface area contributed by atoms with Crippen LogP contribution in [-0.2, 0) is 9.53 Å². The molecule has 0 bridgehead atoms. The van der Waals surface area contributed by atoms with Gasteiger partial charge in [-0.3, -0.25) is 4.79 Å². The number of hydrogen-bond acceptors (Lipinski definition) is 3. The molecule has 1 heterocycles. The number of nitrogens with zero attached hydrogens (tertiary/aromatic N) is 1. The van der Waals surface area contributed by atoms with Crippen LogP contribution in [0.25, 0.3) is 0 Å². The topological polar surface area (TPSA) is 58.6 Å². The van der Waals surface area contributed by atoms with Gasteiger partial charge in [0.15, 0.2) is 0 Å². The number of ether oxygens (including phenoxy) is 1. The predicted molar refractivity (Wildman–Crippen MR) is 64.6 cm³/mol. The van der Waals surface area contributed by atoms with Crippen molar-refractivity contribution in [2.75, 3.05) is 26.2 Å². The SMILES string of the molecule is CCOC(=O)CNC(=O)N1CCCC(CC)C1. The molecule has 0 spiro atoms. The third kappa shape index (κ3) is 4.63. The van der Waals surface area contributed by atoms with Gasteiger partial charge in [0, 0.05) is 13.1 Å². The summed E-state index contributed by atoms with van der Waals surface area (Å²) in [6, 6.07) is -0.156. The van der Waals surface area contributed by atoms with Crippen molar-refractivity contribution in [1.82, 2.24) is 10.2 Å². The second-order valence-corrected chi connectivity index (χ2v) is 4.33. The molecule has 1 unspecified atom stereocenters. The number of amides is 2. The summed E-state index contributed by atoms with van der Waals surface area (Å²) in [5.41, 5.74) is 0. The standard InChI is InChI=1S/C12H22N2O3/c1-3-10-6-5-7-14(9-10)12(16)13-8-11(15)17-4-2/h10H,3-9H2,1-2H3,(H,13,16). The first-order valence-electron chi connectivity index (χ1n) is 6.35. The molecule has 0 aromatic heterocycles. The first-order chi connectivity index (χ1) is 8.17. The van der Waals surface area contributed by atoms with E-state index in [2.05, 4.69) is 12.2 Å². The highest BCUT2D eigenvalue weighted by atomic mass is 16.5. The van der Waals surface area contributed by atoms with Gasteiger partial charge < -0.3 is 15.0 Å². The van der Waals surface area contributed by atoms with Gasteiger partial charge in [-0.2, -0.15) is 0 Å². The van der Waals surface area contributed by atoms with Gasteiger partial charge in [0.1, 0.15) is 6.54 Å². The van der Waals surface area contributed by atoms with Crippen molar-refractivity contribution in [1.29, 1.82) is 0 Å². The Morgan fingerprint density at radius 2 is 2.18 bits per heavy atom. The molecule has 1 fully saturated rings. The third-order valence-electron chi connectivity index (χ3n) is 3.07. The molecular weight excluding hydrogens is 220 g/mol. The lowest BCUT2D eigenvalue weighted by Gasteiger charge is -2.32. The molecular formula is C12H22N2O3. The Bertz CT molecular complexity index is 268. The first kappa shape index (κ1) is 13.8. The number of hydrogen-bond donors (Lipinski definition) is 1. The van der Waals surface area contributed by atoms with Gasteiger partial charge in [-0.1, -0.05) is 13.3 Å². The fourth-order valence-electron chi connectivity index (χ4n) is 2.05. The smallest absolute Gasteiger partial charge is 0.325 e. The second kappa shape index (κ2) is 7.14. The Morgan fingerprint density at radius 1 is 1.41 bits per heavy atom. The molecule has 1 rings (SSSR count). The molecule has 0 radical (unpaired) electrons. The van der Waals surface area contributed by atoms with Crippen LogP contribution in [-0.4, -0.2) is 43.1 Å². The lowest BCUT2D eigenvalue weighted by Crippen LogP contribution is -2.46. The van der Waals surface area contributed by atoms with Gasteiger partial charge in [0.25, 0.3) is 0 Å². The molecule has 0 aromatic rings. The number of rotatable bonds is 4. The van der Waals surface area contributed by atoms with Gasteiger partial charge in [-0.15, -0.1) is 0 Å². The fourth-order valence-corrected chi connectivity index (χ4v) is 2.05. The summed E-state index contributed by atoms with van der Waals surface area (Å²) in [6.45, 7) is 5.77. The van der Waals surface area contributed by atoms with Crippen molar-refractivity contribution in [3.05, 3.63) is 0 Å². The first-order valence-corrected chi connectivity index (χ1v) is 6.35. The average Bonchev–Trinajstić information content (AvgIpc) is 2.36. The van der Waals surface area contributed by atoms with Gasteiger partial charge in [-0.05, 0) is 25.7 Å². The van der Waals surface area contributed by atoms with E-state index in [1.54, 1.807) is 11.8 Å². The van der Waals surface area contributed by atoms with Crippen molar-refractivity contribution in [2.24, 2.45) is 5.92 Å². The quantitative estimate of drug-likeness (QED) is 0.758. The van der Waals surface area contributed by atoms with Gasteiger partial charge in [0.2, 0.25) is 0 Å². The third-order valence-corrected chi connectivity index (χ3v) is 3.07. The maximum Gasteiger partial charge on any atom is 0.325 e. The Kier molecular flexibility index (Phi) is 5.80. The van der Waals surface area contributed by atoms with Crippen molar-refractivity contribution >= 4 is 12.0 Å². The van der Waals surface area contributed by atoms with Crippen LogP contribution in [0.1, 0.15) is 33.1 Å². The second-order valence-electron chi connectivity index (χ2n) is 4.33. The summed E-state index contributed by atoms with van der Waals surface area (Å²) in [5, 5.41) is 2.59. The van der Waals surface area contributed by atoms with Crippen molar-refractivity contribution in [2.45, 2.75) is 33.1 Å². The molecule has 5 nitrogen and oxygen atoms in total. The highest BCUT2D eigenvalue weighted by Crippen LogP contribution is 2.18. The van der Waals surface area contributed by atoms with Gasteiger partial charge >= 0.3 is 12.0 Å². The van der Waals surface area contributed by atoms with E-state index in [1.807, 2.05) is 0 Å². The zero-order valence-corrected chi connectivity index (χ0v) is 10.7. The summed E-state index contributed by atoms with van der Waals surface area (Å²) in [6.07, 6.45) is 3.34. The molecule has 5 heteroatoms. The minimum Gasteiger partial charge on any atom is -0.465 e. The van der Waals surface area contributed by atoms with Crippen LogP contribution < -0.4 is 5.32 Å². The highest BCUT2D eigenvalue weighted by molar-refractivity contribution is 5.80. The fraction of sp³-hybridized carbons (Fsp3) is 0.833. The maximum absolute atomic E-state index is 11.8. The van der Waals surface area contributed by atoms with E-state index in [0.29, 0.717) is 12.5 Å². The van der Waals surface area contributed by atoms with Crippen LogP contribution in [0, 0.1) is 5.92 Å². The van der Waals surface area contributed by atoms with Crippen LogP contribution in [0.15, 0.2) is 0 Å². The Balaban J connectivity index is 2.29. The molecule has 1 N–H and O–H groups in total. The molecule has 1 aliphatic rings. The largest absolute Gasteiger partial charge is 0.465 e. The predicted octanol–water partition coefficient (Wildman–Crippen LogP) is 1.38. The van der Waals surface area contributed by atoms with E-state index in [1.165, 1.54) is 6.42 Å². The van der Waals surface area contributed by atoms with Crippen LogP contribution >= 0.6 is 0 Å². The van der Waals surface area contributed by atoms with E-state index in [4.69, 9.17) is 4.74 Å². The number of likely N-dealkylation sites (tertiary alicyclic amines) is 1.